The summed E-state index contributed by atoms with van der Waals surface area (Å²) in [6.45, 7) is 1.69. The monoisotopic (exact) mass is 488 g/mol. The Morgan fingerprint density at radius 1 is 0.882 bits per heavy atom. The van der Waals surface area contributed by atoms with Crippen LogP contribution in [-0.2, 0) is 14.3 Å². The van der Waals surface area contributed by atoms with E-state index < -0.39 is 42.8 Å². The van der Waals surface area contributed by atoms with Crippen LogP contribution >= 0.6 is 0 Å². The van der Waals surface area contributed by atoms with E-state index in [1.54, 1.807) is 0 Å². The molecule has 0 radical (unpaired) electrons. The van der Waals surface area contributed by atoms with Crippen LogP contribution < -0.4 is 0 Å². The first-order chi connectivity index (χ1) is 16.4. The number of ether oxygens (including phenoxy) is 2. The first-order valence-electron chi connectivity index (χ1n) is 13.2. The number of carbonyl (C=O) groups excluding carboxylic acids is 1. The van der Waals surface area contributed by atoms with Gasteiger partial charge in [-0.2, -0.15) is 0 Å². The summed E-state index contributed by atoms with van der Waals surface area (Å²) < 4.78 is 10.6. The largest absolute Gasteiger partial charge is 0.430 e. The predicted octanol–water partition coefficient (Wildman–Crippen LogP) is 3.12. The van der Waals surface area contributed by atoms with Crippen LogP contribution in [0.4, 0.5) is 0 Å². The third-order valence-corrected chi connectivity index (χ3v) is 6.43. The van der Waals surface area contributed by atoms with E-state index in [2.05, 4.69) is 19.1 Å². The number of unbranched alkanes of at least 4 members (excludes halogenated alkanes) is 11. The van der Waals surface area contributed by atoms with Gasteiger partial charge in [-0.3, -0.25) is 4.79 Å². The molecule has 0 aromatic carbocycles. The van der Waals surface area contributed by atoms with Crippen molar-refractivity contribution in [2.24, 2.45) is 0 Å². The number of allylic oxidation sites excluding steroid dienone is 2. The van der Waals surface area contributed by atoms with Gasteiger partial charge in [-0.1, -0.05) is 70.4 Å². The minimum Gasteiger partial charge on any atom is -0.430 e. The maximum Gasteiger partial charge on any atom is 0.308 e. The van der Waals surface area contributed by atoms with Crippen LogP contribution in [0.25, 0.3) is 0 Å². The van der Waals surface area contributed by atoms with Crippen LogP contribution in [0, 0.1) is 0 Å². The normalized spacial score (nSPS) is 21.7. The van der Waals surface area contributed by atoms with E-state index in [-0.39, 0.29) is 19.4 Å². The molecule has 1 fully saturated rings. The van der Waals surface area contributed by atoms with Crippen LogP contribution in [0.5, 0.6) is 0 Å². The number of hydrogen-bond donors (Lipinski definition) is 5. The van der Waals surface area contributed by atoms with Gasteiger partial charge < -0.3 is 35.0 Å². The molecule has 0 aromatic rings. The zero-order valence-corrected chi connectivity index (χ0v) is 20.9. The molecule has 8 nitrogen and oxygen atoms in total. The average molecular weight is 489 g/mol. The molecule has 0 amide bonds. The Morgan fingerprint density at radius 2 is 1.41 bits per heavy atom. The number of esters is 1. The summed E-state index contributed by atoms with van der Waals surface area (Å²) >= 11 is 0. The van der Waals surface area contributed by atoms with Crippen molar-refractivity contribution < 1.29 is 39.8 Å². The minimum absolute atomic E-state index is 0.172. The van der Waals surface area contributed by atoms with Gasteiger partial charge in [0, 0.05) is 12.8 Å². The Labute approximate surface area is 205 Å². The maximum absolute atomic E-state index is 12.2. The van der Waals surface area contributed by atoms with E-state index >= 15 is 0 Å². The van der Waals surface area contributed by atoms with Gasteiger partial charge >= 0.3 is 5.97 Å². The standard InChI is InChI=1S/C26H48O8/c1-2-3-4-5-6-7-8-9-10-11-12-13-14-15-16-17-22(29)34-26(18-19-33-26)25(32)24(31)23(30)21(28)20-27/h9-10,21,23-25,27-28,30-32H,2-8,11-20H2,1H3/b10-9-/t21-,23-,24+,25-,26?/m1/s1. The zero-order valence-electron chi connectivity index (χ0n) is 20.9. The molecule has 0 aromatic heterocycles. The molecule has 5 atom stereocenters. The highest BCUT2D eigenvalue weighted by Crippen LogP contribution is 2.34. The Morgan fingerprint density at radius 3 is 1.91 bits per heavy atom. The average Bonchev–Trinajstić information content (AvgIpc) is 2.81. The van der Waals surface area contributed by atoms with Crippen LogP contribution in [0.15, 0.2) is 12.2 Å². The number of rotatable bonds is 21. The third-order valence-electron chi connectivity index (χ3n) is 6.43. The second-order valence-electron chi connectivity index (χ2n) is 9.39. The van der Waals surface area contributed by atoms with Crippen molar-refractivity contribution in [1.82, 2.24) is 0 Å². The summed E-state index contributed by atoms with van der Waals surface area (Å²) in [5.41, 5.74) is 0. The van der Waals surface area contributed by atoms with E-state index in [0.717, 1.165) is 32.1 Å². The summed E-state index contributed by atoms with van der Waals surface area (Å²) in [5, 5.41) is 48.6. The van der Waals surface area contributed by atoms with Crippen LogP contribution in [0.1, 0.15) is 103 Å². The van der Waals surface area contributed by atoms with Crippen molar-refractivity contribution in [3.8, 4) is 0 Å². The summed E-state index contributed by atoms with van der Waals surface area (Å²) in [6.07, 6.45) is 13.0. The summed E-state index contributed by atoms with van der Waals surface area (Å²) in [6, 6.07) is 0. The molecular formula is C26H48O8. The number of aliphatic hydroxyl groups is 5. The summed E-state index contributed by atoms with van der Waals surface area (Å²) in [5.74, 6) is -2.27. The fourth-order valence-electron chi connectivity index (χ4n) is 4.04. The smallest absolute Gasteiger partial charge is 0.308 e. The van der Waals surface area contributed by atoms with Gasteiger partial charge in [-0.05, 0) is 32.1 Å². The molecule has 200 valence electrons. The molecule has 34 heavy (non-hydrogen) atoms. The molecule has 1 rings (SSSR count). The molecule has 1 aliphatic rings. The molecule has 0 spiro atoms. The van der Waals surface area contributed by atoms with E-state index in [9.17, 15) is 25.2 Å². The highest BCUT2D eigenvalue weighted by molar-refractivity contribution is 5.69. The molecule has 0 aliphatic carbocycles. The van der Waals surface area contributed by atoms with Gasteiger partial charge in [-0.15, -0.1) is 0 Å². The molecule has 1 aliphatic heterocycles. The summed E-state index contributed by atoms with van der Waals surface area (Å²) in [7, 11) is 0. The van der Waals surface area contributed by atoms with Gasteiger partial charge in [0.15, 0.2) is 0 Å². The van der Waals surface area contributed by atoms with Crippen LogP contribution in [-0.4, -0.2) is 74.9 Å². The lowest BCUT2D eigenvalue weighted by molar-refractivity contribution is -0.346. The SMILES string of the molecule is CCCCCCCC/C=C\CCCCCCCC(=O)OC1([C@H](O)[C@@H](O)[C@H](O)[C@H](O)CO)CCO1. The van der Waals surface area contributed by atoms with E-state index in [0.29, 0.717) is 6.42 Å². The van der Waals surface area contributed by atoms with Crippen molar-refractivity contribution >= 4 is 5.97 Å². The van der Waals surface area contributed by atoms with Gasteiger partial charge in [-0.25, -0.2) is 0 Å². The van der Waals surface area contributed by atoms with Crippen LogP contribution in [0.3, 0.4) is 0 Å². The predicted molar refractivity (Wildman–Crippen MR) is 130 cm³/mol. The van der Waals surface area contributed by atoms with Crippen molar-refractivity contribution in [2.75, 3.05) is 13.2 Å². The first-order valence-corrected chi connectivity index (χ1v) is 13.2. The Balaban J connectivity index is 2.12. The lowest BCUT2D eigenvalue weighted by Crippen LogP contribution is -2.63. The second kappa shape index (κ2) is 18.3. The molecular weight excluding hydrogens is 440 g/mol. The van der Waals surface area contributed by atoms with E-state index in [1.165, 1.54) is 44.9 Å². The molecule has 0 saturated carbocycles. The zero-order chi connectivity index (χ0) is 25.2. The van der Waals surface area contributed by atoms with E-state index in [4.69, 9.17) is 14.6 Å². The Kier molecular flexibility index (Phi) is 16.7. The lowest BCUT2D eigenvalue weighted by Gasteiger charge is -2.45. The van der Waals surface area contributed by atoms with Crippen LogP contribution in [0.2, 0.25) is 0 Å². The van der Waals surface area contributed by atoms with E-state index in [1.807, 2.05) is 0 Å². The Hall–Kier alpha value is -1.03. The number of carbonyl (C=O) groups is 1. The number of hydrogen-bond acceptors (Lipinski definition) is 8. The van der Waals surface area contributed by atoms with Crippen molar-refractivity contribution in [1.29, 1.82) is 0 Å². The third kappa shape index (κ3) is 11.6. The van der Waals surface area contributed by atoms with Crippen molar-refractivity contribution in [3.63, 3.8) is 0 Å². The fourth-order valence-corrected chi connectivity index (χ4v) is 4.04. The fraction of sp³-hybridized carbons (Fsp3) is 0.885. The lowest BCUT2D eigenvalue weighted by atomic mass is 9.92. The first kappa shape index (κ1) is 31.0. The maximum atomic E-state index is 12.2. The topological polar surface area (TPSA) is 137 Å². The molecule has 1 heterocycles. The molecule has 1 saturated heterocycles. The van der Waals surface area contributed by atoms with Gasteiger partial charge in [0.1, 0.15) is 24.4 Å². The van der Waals surface area contributed by atoms with Crippen molar-refractivity contribution in [2.45, 2.75) is 133 Å². The van der Waals surface area contributed by atoms with Gasteiger partial charge in [0.2, 0.25) is 5.79 Å². The van der Waals surface area contributed by atoms with Crippen molar-refractivity contribution in [3.05, 3.63) is 12.2 Å². The molecule has 5 N–H and O–H groups in total. The molecule has 1 unspecified atom stereocenters. The number of aliphatic hydroxyl groups excluding tert-OH is 5. The van der Waals surface area contributed by atoms with Gasteiger partial charge in [0.05, 0.1) is 13.2 Å². The molecule has 0 bridgehead atoms. The molecule has 8 heteroatoms. The Bertz CT molecular complexity index is 549. The van der Waals surface area contributed by atoms with Gasteiger partial charge in [0.25, 0.3) is 0 Å². The highest BCUT2D eigenvalue weighted by atomic mass is 16.7. The summed E-state index contributed by atoms with van der Waals surface area (Å²) in [4.78, 5) is 12.2. The quantitative estimate of drug-likeness (QED) is 0.0944. The minimum atomic E-state index is -1.84. The highest BCUT2D eigenvalue weighted by Gasteiger charge is 2.53. The second-order valence-corrected chi connectivity index (χ2v) is 9.39.